The van der Waals surface area contributed by atoms with Crippen molar-refractivity contribution in [3.05, 3.63) is 291 Å². The molecule has 762 valence electrons. The number of nitrogens with two attached hydrogens (primary N) is 1. The molecule has 0 aliphatic carbocycles. The van der Waals surface area contributed by atoms with E-state index in [9.17, 15) is 43.8 Å². The Labute approximate surface area is 831 Å². The van der Waals surface area contributed by atoms with Gasteiger partial charge in [-0.05, 0) is 233 Å². The van der Waals surface area contributed by atoms with E-state index < -0.39 is 22.5 Å². The molecule has 13 nitrogen and oxygen atoms in total. The molecule has 0 saturated carbocycles. The fourth-order valence-electron chi connectivity index (χ4n) is 10.9. The molecule has 0 heterocycles. The van der Waals surface area contributed by atoms with Crippen LogP contribution in [0.25, 0.3) is 0 Å². The number of hydrogen-bond acceptors (Lipinski definition) is 13. The van der Waals surface area contributed by atoms with Crippen LogP contribution >= 0.6 is 0 Å². The maximum atomic E-state index is 11.8. The normalized spacial score (nSPS) is 13.4. The third kappa shape index (κ3) is 98.8. The van der Waals surface area contributed by atoms with Crippen LogP contribution in [0.5, 0.6) is 5.75 Å². The number of hydrogen-bond donors (Lipinski definition) is 4. The minimum Gasteiger partial charge on any atom is -0.507 e. The number of phenolic OH excluding ortho intramolecular Hbond substituents is 1. The number of benzene rings is 1. The molecule has 136 heavy (non-hydrogen) atoms. The largest absolute Gasteiger partial charge is 0.507 e. The lowest BCUT2D eigenvalue weighted by Gasteiger charge is -2.27. The van der Waals surface area contributed by atoms with Gasteiger partial charge in [-0.1, -0.05) is 392 Å². The number of ether oxygens (including phenoxy) is 2. The summed E-state index contributed by atoms with van der Waals surface area (Å²) in [6.07, 6.45) is 123. The third-order valence-electron chi connectivity index (χ3n) is 19.2. The highest BCUT2D eigenvalue weighted by atomic mass is 16.6. The molecule has 0 aromatic heterocycles. The zero-order chi connectivity index (χ0) is 104. The number of nitrogen functional groups attached to an aromatic ring is 1. The predicted molar refractivity (Wildman–Crippen MR) is 589 cm³/mol. The molecule has 1 atom stereocenters. The van der Waals surface area contributed by atoms with E-state index in [-0.39, 0.29) is 81.3 Å². The first-order valence-electron chi connectivity index (χ1n) is 50.5. The molecule has 0 fully saturated rings. The Morgan fingerprint density at radius 1 is 0.301 bits per heavy atom. The van der Waals surface area contributed by atoms with Gasteiger partial charge in [0.05, 0.1) is 18.6 Å². The molecule has 0 spiro atoms. The van der Waals surface area contributed by atoms with Crippen molar-refractivity contribution in [3.8, 4) is 5.75 Å². The smallest absolute Gasteiger partial charge is 0.310 e. The number of carbonyl (C=O) groups excluding carboxylic acids is 7. The van der Waals surface area contributed by atoms with Crippen molar-refractivity contribution in [1.29, 1.82) is 0 Å². The number of esters is 2. The van der Waals surface area contributed by atoms with Crippen LogP contribution in [0, 0.1) is 27.1 Å². The van der Waals surface area contributed by atoms with Crippen molar-refractivity contribution in [2.45, 2.75) is 395 Å². The summed E-state index contributed by atoms with van der Waals surface area (Å²) in [7, 11) is 0. The van der Waals surface area contributed by atoms with Gasteiger partial charge in [-0.2, -0.15) is 0 Å². The number of unbranched alkanes of at least 4 members (excludes halogenated alkanes) is 2. The van der Waals surface area contributed by atoms with Gasteiger partial charge in [0.25, 0.3) is 0 Å². The van der Waals surface area contributed by atoms with Crippen molar-refractivity contribution in [1.82, 2.24) is 0 Å². The van der Waals surface area contributed by atoms with Crippen molar-refractivity contribution >= 4 is 46.5 Å². The van der Waals surface area contributed by atoms with Gasteiger partial charge in [0.2, 0.25) is 0 Å². The van der Waals surface area contributed by atoms with Gasteiger partial charge in [-0.3, -0.25) is 33.6 Å². The van der Waals surface area contributed by atoms with E-state index in [1.807, 2.05) is 122 Å². The number of phenols is 1. The van der Waals surface area contributed by atoms with E-state index in [1.165, 1.54) is 12.1 Å². The van der Waals surface area contributed by atoms with Crippen molar-refractivity contribution < 1.29 is 58.4 Å². The highest BCUT2D eigenvalue weighted by molar-refractivity contribution is 6.02. The molecule has 0 unspecified atom stereocenters. The van der Waals surface area contributed by atoms with E-state index in [0.29, 0.717) is 50.0 Å². The summed E-state index contributed by atoms with van der Waals surface area (Å²) in [5.74, 6) is 0.0492. The first kappa shape index (κ1) is 135. The monoisotopic (exact) mass is 1880 g/mol. The van der Waals surface area contributed by atoms with Crippen molar-refractivity contribution in [3.63, 3.8) is 0 Å². The summed E-state index contributed by atoms with van der Waals surface area (Å²) in [6.45, 7) is 45.8. The van der Waals surface area contributed by atoms with Gasteiger partial charge in [0, 0.05) is 64.9 Å². The molecule has 0 aliphatic rings. The maximum Gasteiger partial charge on any atom is 0.310 e. The number of anilines is 1. The number of aliphatic hydroxyl groups is 2. The standard InChI is InChI=1S/C25H38O2.C25H38O.C24H38O2.C24H38O.C14H26O4.C11H15NO2/c1-5-6-7-8-9-10-11-12-13-14-15-16-17-18-19-20-21-22-23-24(26)27-25(2,3)4;1-5-6-7-8-9-10-11-12-13-14-15-16-17-18-19-20-21-22-23-24(26)25(2,3)4;1-5-6-7-8-9-10-11-12-13-14-15-16-17-18-19-20-21-22-23(25)26-24(2,3)4;1-5-6-7-8-9-10-11-12-13-14-15-16-17-18-19-20-21-22-23(25)24(2,3)4;1-13(2,3)11(17)8-6-7-10(16)12(18)14(4,5)9-15;1-11(2,3)10(14)8-6-7(12)4-5-9(8)13/h6-7,9-10,12-13,15-16,18-19,21-22H,5,8,11,14,17,20,23H2,1-4H3;6-7,9-10,12-13,15-16,18-19,21-22H,5,8,11,14,17,20,23H2,1-4H3;6-7,9-10,12-13,15-16,18-19H,5,8,11,14,17,20-22H2,1-4H3;6-7,9-10,12-13,15-16,18-19H,5,8,11,14,17,20-22H2,1-4H3;12,15,18H,6-9H2,1-5H3;4-6,13H,12H2,1-3H3/b2*7-6-,10-9-,13-12-,16-15-,19-18-,22-21-;2*7-6-,10-9-,13-12-,16-15-,19-18-;;/t;;;;12-;/m....0./s1. The number of Topliss-reactive ketones (excluding diaryl/α,β-unsaturated/α-hetero) is 5. The number of rotatable bonds is 60. The fraction of sp³-hybridized carbons (Fsp3) is 0.537. The predicted octanol–water partition coefficient (Wildman–Crippen LogP) is 33.8. The van der Waals surface area contributed by atoms with E-state index in [2.05, 4.69) is 277 Å². The summed E-state index contributed by atoms with van der Waals surface area (Å²) in [6, 6.07) is 4.51. The molecule has 0 amide bonds. The number of aromatic hydroxyl groups is 1. The molecule has 0 bridgehead atoms. The second kappa shape index (κ2) is 88.0. The van der Waals surface area contributed by atoms with Crippen LogP contribution in [-0.4, -0.2) is 80.1 Å². The fourth-order valence-corrected chi connectivity index (χ4v) is 10.9. The lowest BCUT2D eigenvalue weighted by Crippen LogP contribution is -2.39. The van der Waals surface area contributed by atoms with E-state index >= 15 is 0 Å². The molecular formula is C123H193NO12. The van der Waals surface area contributed by atoms with Crippen LogP contribution in [-0.2, 0) is 38.2 Å². The lowest BCUT2D eigenvalue weighted by molar-refractivity contribution is -0.155. The van der Waals surface area contributed by atoms with Gasteiger partial charge >= 0.3 is 11.9 Å². The summed E-state index contributed by atoms with van der Waals surface area (Å²) in [4.78, 5) is 81.8. The maximum absolute atomic E-state index is 11.8. The Morgan fingerprint density at radius 3 is 0.801 bits per heavy atom. The van der Waals surface area contributed by atoms with E-state index in [1.54, 1.807) is 40.7 Å². The van der Waals surface area contributed by atoms with Crippen LogP contribution < -0.4 is 5.73 Å². The highest BCUT2D eigenvalue weighted by Gasteiger charge is 2.33. The van der Waals surface area contributed by atoms with Gasteiger partial charge in [-0.15, -0.1) is 0 Å². The minimum atomic E-state index is -1.17. The van der Waals surface area contributed by atoms with Gasteiger partial charge in [-0.25, -0.2) is 0 Å². The molecule has 1 aromatic carbocycles. The van der Waals surface area contributed by atoms with Crippen LogP contribution in [0.1, 0.15) is 388 Å². The number of carbonyl (C=O) groups is 7. The Morgan fingerprint density at radius 2 is 0.544 bits per heavy atom. The van der Waals surface area contributed by atoms with Gasteiger partial charge in [0.1, 0.15) is 40.4 Å². The molecule has 1 aromatic rings. The minimum absolute atomic E-state index is 0.0147. The second-order valence-corrected chi connectivity index (χ2v) is 39.9. The van der Waals surface area contributed by atoms with Crippen molar-refractivity contribution in [2.24, 2.45) is 27.1 Å². The molecule has 13 heteroatoms. The van der Waals surface area contributed by atoms with Crippen LogP contribution in [0.4, 0.5) is 5.69 Å². The van der Waals surface area contributed by atoms with Crippen molar-refractivity contribution in [2.75, 3.05) is 12.3 Å². The summed E-state index contributed by atoms with van der Waals surface area (Å²) in [5, 5.41) is 28.3. The van der Waals surface area contributed by atoms with E-state index in [0.717, 1.165) is 167 Å². The summed E-state index contributed by atoms with van der Waals surface area (Å²) < 4.78 is 10.5. The van der Waals surface area contributed by atoms with Gasteiger partial charge in [0.15, 0.2) is 11.6 Å². The lowest BCUT2D eigenvalue weighted by atomic mass is 9.83. The molecule has 0 radical (unpaired) electrons. The molecule has 5 N–H and O–H groups in total. The van der Waals surface area contributed by atoms with Crippen LogP contribution in [0.3, 0.4) is 0 Å². The average molecular weight is 1880 g/mol. The topological polar surface area (TPSA) is 225 Å². The Hall–Kier alpha value is -9.69. The highest BCUT2D eigenvalue weighted by Crippen LogP contribution is 2.29. The Kier molecular flexibility index (Phi) is 87.2. The summed E-state index contributed by atoms with van der Waals surface area (Å²) in [5.41, 5.74) is 3.38. The molecular weight excluding hydrogens is 1680 g/mol. The quantitative estimate of drug-likeness (QED) is 0.0119. The Bertz CT molecular complexity index is 4000. The van der Waals surface area contributed by atoms with Gasteiger partial charge < -0.3 is 30.5 Å². The Balaban J connectivity index is -0.000000510. The first-order chi connectivity index (χ1) is 64.2. The number of ketones is 5. The van der Waals surface area contributed by atoms with Crippen LogP contribution in [0.2, 0.25) is 0 Å². The first-order valence-corrected chi connectivity index (χ1v) is 50.5. The number of aliphatic hydroxyl groups excluding tert-OH is 2. The average Bonchev–Trinajstić information content (AvgIpc) is 0.825. The molecule has 1 rings (SSSR count). The SMILES string of the molecule is CC(C)(C)C(=O)CCCC(=O)[C@H](O)C(C)(C)CO.CC(C)(C)C(=O)c1cc(N)ccc1O.CC/C=C\C/C=C\C/C=C\C/C=C\C/C=C\C/C=C\CC(=O)C(C)(C)C.CC/C=C\C/C=C\C/C=C\C/C=C\C/C=C\C/C=C\CC(=O)OC(C)(C)C.CC/C=C\C/C=C\C/C=C\C/C=C\C/C=C\CCCC(=O)C(C)(C)C.CC/C=C\C/C=C\C/C=C\C/C=C\C/C=C\CCCC(=O)OC(C)(C)C. The summed E-state index contributed by atoms with van der Waals surface area (Å²) >= 11 is 0. The molecule has 0 saturated heterocycles. The zero-order valence-corrected chi connectivity index (χ0v) is 89.8. The number of allylic oxidation sites excluding steroid dienone is 43. The third-order valence-corrected chi connectivity index (χ3v) is 19.2. The zero-order valence-electron chi connectivity index (χ0n) is 89.8. The van der Waals surface area contributed by atoms with E-state index in [4.69, 9.17) is 20.3 Å². The molecule has 0 aliphatic heterocycles. The second-order valence-electron chi connectivity index (χ2n) is 39.9. The van der Waals surface area contributed by atoms with Crippen LogP contribution in [0.15, 0.2) is 286 Å².